The first kappa shape index (κ1) is 14.2. The molecule has 0 amide bonds. The van der Waals surface area contributed by atoms with Gasteiger partial charge in [-0.1, -0.05) is 72.4 Å². The Morgan fingerprint density at radius 3 is 2.13 bits per heavy atom. The Hall–Kier alpha value is -2.40. The lowest BCUT2D eigenvalue weighted by molar-refractivity contribution is 0.826. The minimum absolute atomic E-state index is 0.245. The summed E-state index contributed by atoms with van der Waals surface area (Å²) in [6.07, 6.45) is 0. The lowest BCUT2D eigenvalue weighted by Crippen LogP contribution is -2.27. The van der Waals surface area contributed by atoms with E-state index in [1.54, 1.807) is 0 Å². The molecule has 4 rings (SSSR count). The van der Waals surface area contributed by atoms with Crippen molar-refractivity contribution < 1.29 is 0 Å². The van der Waals surface area contributed by atoms with Gasteiger partial charge in [0, 0.05) is 0 Å². The van der Waals surface area contributed by atoms with E-state index in [4.69, 9.17) is 0 Å². The van der Waals surface area contributed by atoms with Gasteiger partial charge in [-0.3, -0.25) is 0 Å². The number of rotatable bonds is 4. The zero-order valence-corrected chi connectivity index (χ0v) is 13.4. The van der Waals surface area contributed by atoms with Crippen molar-refractivity contribution in [3.05, 3.63) is 82.5 Å². The second-order valence-corrected chi connectivity index (χ2v) is 6.51. The van der Waals surface area contributed by atoms with E-state index in [1.807, 2.05) is 11.8 Å². The van der Waals surface area contributed by atoms with Crippen molar-refractivity contribution in [3.8, 4) is 0 Å². The third kappa shape index (κ3) is 2.92. The van der Waals surface area contributed by atoms with E-state index >= 15 is 0 Å². The zero-order chi connectivity index (χ0) is 15.5. The van der Waals surface area contributed by atoms with Gasteiger partial charge < -0.3 is 16.0 Å². The van der Waals surface area contributed by atoms with Crippen LogP contribution in [0, 0.1) is 0 Å². The minimum Gasteiger partial charge on any atom is -0.363 e. The lowest BCUT2D eigenvalue weighted by Gasteiger charge is -2.23. The summed E-state index contributed by atoms with van der Waals surface area (Å²) in [6, 6.07) is 21.3. The van der Waals surface area contributed by atoms with Crippen molar-refractivity contribution in [3.63, 3.8) is 0 Å². The molecular formula is C18H18N4S. The smallest absolute Gasteiger partial charge is 0.150 e. The van der Waals surface area contributed by atoms with E-state index in [2.05, 4.69) is 81.6 Å². The van der Waals surface area contributed by atoms with Crippen LogP contribution < -0.4 is 16.0 Å². The fourth-order valence-electron chi connectivity index (χ4n) is 2.79. The molecule has 2 aromatic carbocycles. The van der Waals surface area contributed by atoms with Crippen molar-refractivity contribution in [1.82, 2.24) is 16.0 Å². The first-order chi connectivity index (χ1) is 11.4. The van der Waals surface area contributed by atoms with Gasteiger partial charge in [-0.05, 0) is 11.1 Å². The maximum absolute atomic E-state index is 4.46. The molecule has 0 atom stereocenters. The van der Waals surface area contributed by atoms with Crippen molar-refractivity contribution in [2.24, 2.45) is 4.99 Å². The van der Waals surface area contributed by atoms with Crippen molar-refractivity contribution in [2.75, 3.05) is 13.3 Å². The van der Waals surface area contributed by atoms with Gasteiger partial charge >= 0.3 is 0 Å². The molecule has 1 saturated heterocycles. The number of nitrogens with zero attached hydrogens (tertiary/aromatic N) is 1. The Kier molecular flexibility index (Phi) is 3.94. The lowest BCUT2D eigenvalue weighted by atomic mass is 10.0. The normalized spacial score (nSPS) is 16.3. The summed E-state index contributed by atoms with van der Waals surface area (Å²) in [5, 5.41) is 11.4. The number of amidine groups is 1. The van der Waals surface area contributed by atoms with Crippen LogP contribution in [0.4, 0.5) is 0 Å². The van der Waals surface area contributed by atoms with Gasteiger partial charge in [0.25, 0.3) is 0 Å². The Bertz CT molecular complexity index is 701. The molecule has 2 aliphatic rings. The maximum atomic E-state index is 4.46. The summed E-state index contributed by atoms with van der Waals surface area (Å²) in [5.41, 5.74) is 3.68. The van der Waals surface area contributed by atoms with Crippen molar-refractivity contribution in [1.29, 1.82) is 0 Å². The van der Waals surface area contributed by atoms with Crippen LogP contribution in [-0.4, -0.2) is 19.2 Å². The summed E-state index contributed by atoms with van der Waals surface area (Å²) in [4.78, 5) is 4.46. The summed E-state index contributed by atoms with van der Waals surface area (Å²) in [7, 11) is 0. The van der Waals surface area contributed by atoms with Crippen LogP contribution in [0.5, 0.6) is 0 Å². The van der Waals surface area contributed by atoms with Gasteiger partial charge in [-0.25, -0.2) is 4.99 Å². The van der Waals surface area contributed by atoms with E-state index in [1.165, 1.54) is 11.1 Å². The largest absolute Gasteiger partial charge is 0.363 e. The highest BCUT2D eigenvalue weighted by Gasteiger charge is 2.25. The highest BCUT2D eigenvalue weighted by Crippen LogP contribution is 2.40. The SMILES string of the molecule is c1ccc(C(SC2=C3NCNC3=NCN2)c2ccccc2)cc1. The van der Waals surface area contributed by atoms with E-state index in [9.17, 15) is 0 Å². The van der Waals surface area contributed by atoms with Crippen LogP contribution in [0.3, 0.4) is 0 Å². The van der Waals surface area contributed by atoms with Crippen molar-refractivity contribution >= 4 is 17.6 Å². The van der Waals surface area contributed by atoms with E-state index < -0.39 is 0 Å². The molecule has 0 bridgehead atoms. The highest BCUT2D eigenvalue weighted by molar-refractivity contribution is 8.03. The molecule has 4 nitrogen and oxygen atoms in total. The number of benzene rings is 2. The topological polar surface area (TPSA) is 48.5 Å². The van der Waals surface area contributed by atoms with Gasteiger partial charge in [0.2, 0.25) is 0 Å². The van der Waals surface area contributed by atoms with Gasteiger partial charge in [-0.2, -0.15) is 0 Å². The third-order valence-corrected chi connectivity index (χ3v) is 5.27. The average Bonchev–Trinajstić information content (AvgIpc) is 3.11. The molecule has 0 unspecified atom stereocenters. The minimum atomic E-state index is 0.245. The second-order valence-electron chi connectivity index (χ2n) is 5.40. The quantitative estimate of drug-likeness (QED) is 0.810. The van der Waals surface area contributed by atoms with Crippen LogP contribution in [0.1, 0.15) is 16.4 Å². The molecule has 2 aromatic rings. The van der Waals surface area contributed by atoms with E-state index in [0.717, 1.165) is 23.2 Å². The van der Waals surface area contributed by atoms with Gasteiger partial charge in [0.1, 0.15) is 12.4 Å². The molecule has 116 valence electrons. The Balaban J connectivity index is 1.71. The van der Waals surface area contributed by atoms with Crippen LogP contribution in [0.15, 0.2) is 76.4 Å². The predicted octanol–water partition coefficient (Wildman–Crippen LogP) is 2.79. The molecule has 0 spiro atoms. The zero-order valence-electron chi connectivity index (χ0n) is 12.6. The fraction of sp³-hybridized carbons (Fsp3) is 0.167. The Labute approximate surface area is 140 Å². The van der Waals surface area contributed by atoms with E-state index in [-0.39, 0.29) is 5.25 Å². The van der Waals surface area contributed by atoms with Crippen LogP contribution in [-0.2, 0) is 0 Å². The highest BCUT2D eigenvalue weighted by atomic mass is 32.2. The molecule has 1 fully saturated rings. The molecule has 3 N–H and O–H groups in total. The number of nitrogens with one attached hydrogen (secondary N) is 3. The van der Waals surface area contributed by atoms with E-state index in [0.29, 0.717) is 6.67 Å². The number of hydrogen-bond donors (Lipinski definition) is 3. The molecule has 2 aliphatic heterocycles. The van der Waals surface area contributed by atoms with Crippen LogP contribution >= 0.6 is 11.8 Å². The van der Waals surface area contributed by atoms with Gasteiger partial charge in [-0.15, -0.1) is 0 Å². The summed E-state index contributed by atoms with van der Waals surface area (Å²) < 4.78 is 0. The van der Waals surface area contributed by atoms with Crippen molar-refractivity contribution in [2.45, 2.75) is 5.25 Å². The second kappa shape index (κ2) is 6.38. The Morgan fingerprint density at radius 2 is 1.48 bits per heavy atom. The Morgan fingerprint density at radius 1 is 0.826 bits per heavy atom. The number of fused-ring (bicyclic) bond motifs is 1. The average molecular weight is 322 g/mol. The summed E-state index contributed by atoms with van der Waals surface area (Å²) in [6.45, 7) is 1.35. The summed E-state index contributed by atoms with van der Waals surface area (Å²) >= 11 is 1.83. The van der Waals surface area contributed by atoms with Gasteiger partial charge in [0.05, 0.1) is 16.9 Å². The fourth-order valence-corrected chi connectivity index (χ4v) is 4.05. The maximum Gasteiger partial charge on any atom is 0.150 e. The van der Waals surface area contributed by atoms with Crippen LogP contribution in [0.2, 0.25) is 0 Å². The molecule has 0 saturated carbocycles. The molecule has 23 heavy (non-hydrogen) atoms. The molecule has 0 radical (unpaired) electrons. The standard InChI is InChI=1S/C18H18N4S/c1-3-7-13(8-4-1)16(14-9-5-2-6-10-14)23-18-15-17(20-11-19-15)21-12-22-18/h1-10,16,19,22H,11-12H2,(H,20,21). The molecule has 2 heterocycles. The first-order valence-electron chi connectivity index (χ1n) is 7.69. The number of aliphatic imine (C=N–C) groups is 1. The number of hydrogen-bond acceptors (Lipinski definition) is 5. The third-order valence-electron chi connectivity index (χ3n) is 3.90. The predicted molar refractivity (Wildman–Crippen MR) is 95.9 cm³/mol. The molecule has 0 aliphatic carbocycles. The first-order valence-corrected chi connectivity index (χ1v) is 8.57. The molecular weight excluding hydrogens is 304 g/mol. The monoisotopic (exact) mass is 322 g/mol. The van der Waals surface area contributed by atoms with Gasteiger partial charge in [0.15, 0.2) is 5.84 Å². The summed E-state index contributed by atoms with van der Waals surface area (Å²) in [5.74, 6) is 0.964. The molecule has 5 heteroatoms. The number of thioether (sulfide) groups is 1. The van der Waals surface area contributed by atoms with Crippen LogP contribution in [0.25, 0.3) is 0 Å². The molecule has 0 aromatic heterocycles.